The zero-order chi connectivity index (χ0) is 5.86. The fraction of sp³-hybridized carbons (Fsp3) is 0.250. The molecule has 0 aliphatic carbocycles. The Morgan fingerprint density at radius 2 is 2.29 bits per heavy atom. The fourth-order valence-electron chi connectivity index (χ4n) is 0.131. The summed E-state index contributed by atoms with van der Waals surface area (Å²) in [5.41, 5.74) is 5.12. The van der Waals surface area contributed by atoms with Gasteiger partial charge in [-0.25, -0.2) is 0 Å². The van der Waals surface area contributed by atoms with Crippen molar-refractivity contribution >= 4 is 15.0 Å². The average molecular weight is 117 g/mol. The van der Waals surface area contributed by atoms with Gasteiger partial charge in [0.15, 0.2) is 5.78 Å². The van der Waals surface area contributed by atoms with E-state index in [0.717, 1.165) is 0 Å². The van der Waals surface area contributed by atoms with Gasteiger partial charge in [0.25, 0.3) is 0 Å². The van der Waals surface area contributed by atoms with E-state index in [2.05, 4.69) is 15.8 Å². The molecule has 40 valence electrons. The number of hydrogen-bond donors (Lipinski definition) is 1. The third kappa shape index (κ3) is 2.35. The molecule has 1 unspecified atom stereocenters. The van der Waals surface area contributed by atoms with Gasteiger partial charge in [0.1, 0.15) is 0 Å². The Balaban J connectivity index is 3.58. The smallest absolute Gasteiger partial charge is 0.181 e. The highest BCUT2D eigenvalue weighted by atomic mass is 31.0. The first-order valence-corrected chi connectivity index (χ1v) is 2.67. The van der Waals surface area contributed by atoms with E-state index in [0.29, 0.717) is 6.16 Å². The van der Waals surface area contributed by atoms with Crippen LogP contribution in [0, 0.1) is 0 Å². The molecule has 0 aliphatic heterocycles. The Hall–Kier alpha value is -0.360. The van der Waals surface area contributed by atoms with Crippen LogP contribution in [0.15, 0.2) is 12.3 Å². The number of rotatable bonds is 2. The molecule has 0 saturated carbocycles. The lowest BCUT2D eigenvalue weighted by molar-refractivity contribution is -0.113. The summed E-state index contributed by atoms with van der Waals surface area (Å²) in [6, 6.07) is 0. The second-order valence-corrected chi connectivity index (χ2v) is 1.56. The minimum atomic E-state index is -0.106. The highest BCUT2D eigenvalue weighted by Gasteiger charge is 1.94. The van der Waals surface area contributed by atoms with Crippen LogP contribution in [0.2, 0.25) is 0 Å². The quantitative estimate of drug-likeness (QED) is 0.405. The van der Waals surface area contributed by atoms with Crippen molar-refractivity contribution < 1.29 is 4.79 Å². The Kier molecular flexibility index (Phi) is 2.61. The molecule has 2 nitrogen and oxygen atoms in total. The molecule has 0 fully saturated rings. The predicted octanol–water partition coefficient (Wildman–Crippen LogP) is -0.0970. The van der Waals surface area contributed by atoms with Gasteiger partial charge in [0.2, 0.25) is 0 Å². The number of ketones is 1. The lowest BCUT2D eigenvalue weighted by atomic mass is 10.4. The zero-order valence-corrected chi connectivity index (χ0v) is 5.13. The maximum atomic E-state index is 10.3. The molecule has 0 rings (SSSR count). The van der Waals surface area contributed by atoms with Gasteiger partial charge in [-0.3, -0.25) is 4.79 Å². The minimum Gasteiger partial charge on any atom is -0.396 e. The van der Waals surface area contributed by atoms with Crippen molar-refractivity contribution in [2.24, 2.45) is 5.73 Å². The van der Waals surface area contributed by atoms with Crippen LogP contribution in [-0.4, -0.2) is 11.9 Å². The highest BCUT2D eigenvalue weighted by Crippen LogP contribution is 1.86. The highest BCUT2D eigenvalue weighted by molar-refractivity contribution is 7.18. The topological polar surface area (TPSA) is 43.1 Å². The van der Waals surface area contributed by atoms with Gasteiger partial charge >= 0.3 is 0 Å². The summed E-state index contributed by atoms with van der Waals surface area (Å²) < 4.78 is 0. The molecular weight excluding hydrogens is 109 g/mol. The molecule has 0 aromatic carbocycles. The largest absolute Gasteiger partial charge is 0.396 e. The number of allylic oxidation sites excluding steroid dienone is 1. The molecule has 0 radical (unpaired) electrons. The van der Waals surface area contributed by atoms with Crippen LogP contribution in [-0.2, 0) is 4.79 Å². The molecule has 7 heavy (non-hydrogen) atoms. The first kappa shape index (κ1) is 6.64. The number of hydrogen-bond acceptors (Lipinski definition) is 2. The Bertz CT molecular complexity index is 99.9. The Labute approximate surface area is 45.0 Å². The maximum Gasteiger partial charge on any atom is 0.181 e. The third-order valence-corrected chi connectivity index (χ3v) is 0.914. The second-order valence-electron chi connectivity index (χ2n) is 1.15. The van der Waals surface area contributed by atoms with E-state index in [1.165, 1.54) is 0 Å². The first-order valence-electron chi connectivity index (χ1n) is 1.86. The fourth-order valence-corrected chi connectivity index (χ4v) is 0.393. The van der Waals surface area contributed by atoms with Gasteiger partial charge in [-0.05, 0) is 0 Å². The van der Waals surface area contributed by atoms with Crippen molar-refractivity contribution in [3.05, 3.63) is 12.3 Å². The lowest BCUT2D eigenvalue weighted by Gasteiger charge is -1.88. The van der Waals surface area contributed by atoms with Crippen LogP contribution in [0.4, 0.5) is 0 Å². The standard InChI is InChI=1S/C4H8NOP/c1-3(5)4(6)2-7/h1-2,5,7H2. The first-order chi connectivity index (χ1) is 3.18. The van der Waals surface area contributed by atoms with Crippen LogP contribution in [0.3, 0.4) is 0 Å². The molecule has 0 saturated heterocycles. The molecule has 0 aliphatic rings. The molecule has 0 aromatic rings. The molecule has 0 aromatic heterocycles. The van der Waals surface area contributed by atoms with E-state index in [1.54, 1.807) is 0 Å². The SMILES string of the molecule is C=C(N)C(=O)CP. The second kappa shape index (κ2) is 2.75. The molecule has 2 N–H and O–H groups in total. The monoisotopic (exact) mass is 117 g/mol. The van der Waals surface area contributed by atoms with Crippen molar-refractivity contribution in [1.82, 2.24) is 0 Å². The summed E-state index contributed by atoms with van der Waals surface area (Å²) in [7, 11) is 2.27. The van der Waals surface area contributed by atoms with Gasteiger partial charge in [0.05, 0.1) is 5.70 Å². The predicted molar refractivity (Wildman–Crippen MR) is 32.9 cm³/mol. The van der Waals surface area contributed by atoms with Crippen molar-refractivity contribution in [3.8, 4) is 0 Å². The van der Waals surface area contributed by atoms with E-state index in [4.69, 9.17) is 5.73 Å². The molecule has 1 atom stereocenters. The number of carbonyl (C=O) groups excluding carboxylic acids is 1. The van der Waals surface area contributed by atoms with Crippen LogP contribution in [0.1, 0.15) is 0 Å². The van der Waals surface area contributed by atoms with E-state index in [1.807, 2.05) is 0 Å². The van der Waals surface area contributed by atoms with Crippen LogP contribution in [0.5, 0.6) is 0 Å². The van der Waals surface area contributed by atoms with Crippen LogP contribution in [0.25, 0.3) is 0 Å². The van der Waals surface area contributed by atoms with Crippen LogP contribution >= 0.6 is 9.24 Å². The van der Waals surface area contributed by atoms with E-state index >= 15 is 0 Å². The third-order valence-electron chi connectivity index (χ3n) is 0.544. The van der Waals surface area contributed by atoms with Gasteiger partial charge in [-0.2, -0.15) is 0 Å². The number of carbonyl (C=O) groups is 1. The van der Waals surface area contributed by atoms with Gasteiger partial charge in [0, 0.05) is 6.16 Å². The molecule has 0 spiro atoms. The van der Waals surface area contributed by atoms with E-state index in [-0.39, 0.29) is 11.5 Å². The maximum absolute atomic E-state index is 10.3. The lowest BCUT2D eigenvalue weighted by Crippen LogP contribution is -2.09. The zero-order valence-electron chi connectivity index (χ0n) is 3.98. The molecule has 0 amide bonds. The van der Waals surface area contributed by atoms with Crippen LogP contribution < -0.4 is 5.73 Å². The van der Waals surface area contributed by atoms with E-state index < -0.39 is 0 Å². The molecule has 0 heterocycles. The summed E-state index contributed by atoms with van der Waals surface area (Å²) in [6.07, 6.45) is 0.370. The molecular formula is C4H8NOP. The number of nitrogens with two attached hydrogens (primary N) is 1. The Morgan fingerprint density at radius 3 is 2.29 bits per heavy atom. The van der Waals surface area contributed by atoms with Gasteiger partial charge < -0.3 is 5.73 Å². The molecule has 0 bridgehead atoms. The van der Waals surface area contributed by atoms with Gasteiger partial charge in [-0.15, -0.1) is 9.24 Å². The minimum absolute atomic E-state index is 0.106. The summed E-state index contributed by atoms with van der Waals surface area (Å²) in [5.74, 6) is -0.106. The van der Waals surface area contributed by atoms with Gasteiger partial charge in [-0.1, -0.05) is 6.58 Å². The normalized spacial score (nSPS) is 8.14. The Morgan fingerprint density at radius 1 is 1.86 bits per heavy atom. The molecule has 3 heteroatoms. The van der Waals surface area contributed by atoms with Crippen molar-refractivity contribution in [2.75, 3.05) is 6.16 Å². The summed E-state index contributed by atoms with van der Waals surface area (Å²) >= 11 is 0. The average Bonchev–Trinajstić information content (AvgIpc) is 1.65. The summed E-state index contributed by atoms with van der Waals surface area (Å²) in [6.45, 7) is 3.24. The number of Topliss-reactive ketones (excluding diaryl/α,β-unsaturated/α-hetero) is 1. The summed E-state index contributed by atoms with van der Waals surface area (Å²) in [5, 5.41) is 0. The van der Waals surface area contributed by atoms with Crippen molar-refractivity contribution in [1.29, 1.82) is 0 Å². The van der Waals surface area contributed by atoms with Crippen molar-refractivity contribution in [2.45, 2.75) is 0 Å². The summed E-state index contributed by atoms with van der Waals surface area (Å²) in [4.78, 5) is 10.3. The van der Waals surface area contributed by atoms with E-state index in [9.17, 15) is 4.79 Å². The van der Waals surface area contributed by atoms with Crippen molar-refractivity contribution in [3.63, 3.8) is 0 Å².